The highest BCUT2D eigenvalue weighted by Crippen LogP contribution is 2.11. The molecular weight excluding hydrogens is 178 g/mol. The van der Waals surface area contributed by atoms with E-state index in [1.54, 1.807) is 13.8 Å². The zero-order chi connectivity index (χ0) is 9.94. The Labute approximate surface area is 73.1 Å². The van der Waals surface area contributed by atoms with E-state index in [2.05, 4.69) is 0 Å². The van der Waals surface area contributed by atoms with E-state index >= 15 is 0 Å². The largest absolute Gasteiger partial charge is 0.369 e. The van der Waals surface area contributed by atoms with Gasteiger partial charge in [0, 0.05) is 12.2 Å². The Morgan fingerprint density at radius 3 is 2.08 bits per heavy atom. The summed E-state index contributed by atoms with van der Waals surface area (Å²) < 4.78 is 21.9. The molecule has 0 aromatic heterocycles. The molecule has 0 saturated carbocycles. The minimum atomic E-state index is -3.04. The van der Waals surface area contributed by atoms with Gasteiger partial charge in [0.1, 0.15) is 9.84 Å². The van der Waals surface area contributed by atoms with Gasteiger partial charge in [-0.15, -0.1) is 0 Å². The number of amides is 1. The quantitative estimate of drug-likeness (QED) is 0.679. The lowest BCUT2D eigenvalue weighted by atomic mass is 10.1. The summed E-state index contributed by atoms with van der Waals surface area (Å²) in [5.74, 6) is -0.833. The highest BCUT2D eigenvalue weighted by molar-refractivity contribution is 7.91. The van der Waals surface area contributed by atoms with Gasteiger partial charge in [0.2, 0.25) is 5.91 Å². The van der Waals surface area contributed by atoms with Gasteiger partial charge in [-0.3, -0.25) is 4.79 Å². The fourth-order valence-electron chi connectivity index (χ4n) is 0.789. The first-order valence-corrected chi connectivity index (χ1v) is 5.68. The summed E-state index contributed by atoms with van der Waals surface area (Å²) in [5.41, 5.74) is 4.99. The summed E-state index contributed by atoms with van der Waals surface area (Å²) in [6.45, 7) is 3.21. The first-order chi connectivity index (χ1) is 5.25. The van der Waals surface area contributed by atoms with Crippen LogP contribution in [-0.2, 0) is 14.6 Å². The molecule has 4 nitrogen and oxygen atoms in total. The molecular formula is C7H15NO3S. The molecule has 2 unspecified atom stereocenters. The molecule has 12 heavy (non-hydrogen) atoms. The van der Waals surface area contributed by atoms with E-state index in [1.807, 2.05) is 0 Å². The van der Waals surface area contributed by atoms with Crippen LogP contribution in [0.1, 0.15) is 20.3 Å². The second-order valence-electron chi connectivity index (χ2n) is 3.18. The molecule has 0 aliphatic rings. The Kier molecular flexibility index (Phi) is 3.70. The summed E-state index contributed by atoms with van der Waals surface area (Å²) in [7, 11) is -3.04. The van der Waals surface area contributed by atoms with Crippen LogP contribution in [0.25, 0.3) is 0 Å². The van der Waals surface area contributed by atoms with E-state index in [1.165, 1.54) is 0 Å². The summed E-state index contributed by atoms with van der Waals surface area (Å²) in [6.07, 6.45) is 1.46. The number of carbonyl (C=O) groups excluding carboxylic acids is 1. The number of nitrogens with two attached hydrogens (primary N) is 1. The Morgan fingerprint density at radius 2 is 1.83 bits per heavy atom. The van der Waals surface area contributed by atoms with Gasteiger partial charge in [0.05, 0.1) is 5.25 Å². The van der Waals surface area contributed by atoms with Gasteiger partial charge in [0.15, 0.2) is 0 Å². The third-order valence-corrected chi connectivity index (χ3v) is 3.56. The van der Waals surface area contributed by atoms with Crippen molar-refractivity contribution in [3.05, 3.63) is 0 Å². The van der Waals surface area contributed by atoms with Gasteiger partial charge in [-0.1, -0.05) is 6.92 Å². The molecule has 0 spiro atoms. The zero-order valence-electron chi connectivity index (χ0n) is 7.57. The minimum Gasteiger partial charge on any atom is -0.369 e. The van der Waals surface area contributed by atoms with Gasteiger partial charge in [-0.05, 0) is 13.3 Å². The molecule has 0 aliphatic heterocycles. The standard InChI is InChI=1S/C7H15NO3S/c1-5(7(8)9)4-6(2)12(3,10)11/h5-6H,4H2,1-3H3,(H2,8,9). The molecule has 0 bridgehead atoms. The maximum absolute atomic E-state index is 10.9. The predicted molar refractivity (Wildman–Crippen MR) is 47.3 cm³/mol. The molecule has 1 amide bonds. The number of carbonyl (C=O) groups is 1. The van der Waals surface area contributed by atoms with Crippen LogP contribution in [0.4, 0.5) is 0 Å². The molecule has 2 N–H and O–H groups in total. The number of rotatable bonds is 4. The molecule has 0 aromatic carbocycles. The average molecular weight is 193 g/mol. The van der Waals surface area contributed by atoms with Crippen molar-refractivity contribution in [1.29, 1.82) is 0 Å². The number of sulfone groups is 1. The fraction of sp³-hybridized carbons (Fsp3) is 0.857. The Balaban J connectivity index is 4.20. The van der Waals surface area contributed by atoms with Crippen LogP contribution in [0.3, 0.4) is 0 Å². The van der Waals surface area contributed by atoms with Crippen LogP contribution in [0.15, 0.2) is 0 Å². The lowest BCUT2D eigenvalue weighted by Crippen LogP contribution is -2.27. The second-order valence-corrected chi connectivity index (χ2v) is 5.64. The van der Waals surface area contributed by atoms with Crippen molar-refractivity contribution in [2.24, 2.45) is 11.7 Å². The third kappa shape index (κ3) is 3.71. The van der Waals surface area contributed by atoms with Gasteiger partial charge in [-0.2, -0.15) is 0 Å². The highest BCUT2D eigenvalue weighted by Gasteiger charge is 2.20. The molecule has 72 valence electrons. The monoisotopic (exact) mass is 193 g/mol. The van der Waals surface area contributed by atoms with Crippen LogP contribution in [0.2, 0.25) is 0 Å². The van der Waals surface area contributed by atoms with Gasteiger partial charge in [0.25, 0.3) is 0 Å². The molecule has 0 heterocycles. The van der Waals surface area contributed by atoms with E-state index in [9.17, 15) is 13.2 Å². The predicted octanol–water partition coefficient (Wildman–Crippen LogP) is -0.0690. The number of hydrogen-bond donors (Lipinski definition) is 1. The summed E-state index contributed by atoms with van der Waals surface area (Å²) in [4.78, 5) is 10.6. The van der Waals surface area contributed by atoms with Crippen molar-refractivity contribution < 1.29 is 13.2 Å². The lowest BCUT2D eigenvalue weighted by molar-refractivity contribution is -0.121. The van der Waals surface area contributed by atoms with Crippen molar-refractivity contribution in [2.45, 2.75) is 25.5 Å². The molecule has 5 heteroatoms. The Morgan fingerprint density at radius 1 is 1.42 bits per heavy atom. The van der Waals surface area contributed by atoms with E-state index in [-0.39, 0.29) is 5.92 Å². The fourth-order valence-corrected chi connectivity index (χ4v) is 1.43. The Hall–Kier alpha value is -0.580. The Bertz CT molecular complexity index is 258. The maximum atomic E-state index is 10.9. The van der Waals surface area contributed by atoms with Gasteiger partial charge in [-0.25, -0.2) is 8.42 Å². The van der Waals surface area contributed by atoms with E-state index < -0.39 is 21.0 Å². The van der Waals surface area contributed by atoms with Gasteiger partial charge < -0.3 is 5.73 Å². The molecule has 0 rings (SSSR count). The van der Waals surface area contributed by atoms with E-state index in [0.29, 0.717) is 6.42 Å². The van der Waals surface area contributed by atoms with Crippen molar-refractivity contribution in [3.63, 3.8) is 0 Å². The van der Waals surface area contributed by atoms with Crippen molar-refractivity contribution in [1.82, 2.24) is 0 Å². The minimum absolute atomic E-state index is 0.300. The number of hydrogen-bond acceptors (Lipinski definition) is 3. The topological polar surface area (TPSA) is 77.2 Å². The molecule has 0 aliphatic carbocycles. The third-order valence-electron chi connectivity index (χ3n) is 1.90. The van der Waals surface area contributed by atoms with Crippen LogP contribution in [-0.4, -0.2) is 25.8 Å². The average Bonchev–Trinajstić information content (AvgIpc) is 1.85. The first-order valence-electron chi connectivity index (χ1n) is 3.73. The smallest absolute Gasteiger partial charge is 0.220 e. The number of primary amides is 1. The van der Waals surface area contributed by atoms with E-state index in [0.717, 1.165) is 6.26 Å². The van der Waals surface area contributed by atoms with Crippen LogP contribution >= 0.6 is 0 Å². The summed E-state index contributed by atoms with van der Waals surface area (Å²) in [6, 6.07) is 0. The molecule has 0 radical (unpaired) electrons. The SMILES string of the molecule is CC(CC(C)S(C)(=O)=O)C(N)=O. The zero-order valence-corrected chi connectivity index (χ0v) is 8.39. The molecule has 2 atom stereocenters. The van der Waals surface area contributed by atoms with Crippen molar-refractivity contribution in [3.8, 4) is 0 Å². The molecule has 0 aromatic rings. The van der Waals surface area contributed by atoms with Crippen molar-refractivity contribution in [2.75, 3.05) is 6.26 Å². The molecule has 0 fully saturated rings. The second kappa shape index (κ2) is 3.89. The van der Waals surface area contributed by atoms with Gasteiger partial charge >= 0.3 is 0 Å². The molecule has 0 saturated heterocycles. The first kappa shape index (κ1) is 11.4. The maximum Gasteiger partial charge on any atom is 0.220 e. The van der Waals surface area contributed by atoms with Crippen LogP contribution < -0.4 is 5.73 Å². The summed E-state index contributed by atoms with van der Waals surface area (Å²) >= 11 is 0. The normalized spacial score (nSPS) is 16.9. The van der Waals surface area contributed by atoms with Crippen LogP contribution in [0.5, 0.6) is 0 Å². The summed E-state index contributed by atoms with van der Waals surface area (Å²) in [5, 5.41) is -0.500. The highest BCUT2D eigenvalue weighted by atomic mass is 32.2. The lowest BCUT2D eigenvalue weighted by Gasteiger charge is -2.12. The van der Waals surface area contributed by atoms with E-state index in [4.69, 9.17) is 5.73 Å². The van der Waals surface area contributed by atoms with Crippen LogP contribution in [0, 0.1) is 5.92 Å². The van der Waals surface area contributed by atoms with Crippen molar-refractivity contribution >= 4 is 15.7 Å².